The van der Waals surface area contributed by atoms with Gasteiger partial charge in [0.1, 0.15) is 6.04 Å². The monoisotopic (exact) mass is 357 g/mol. The number of nitrogens with one attached hydrogen (secondary N) is 3. The Balaban J connectivity index is 2.09. The molecule has 138 valence electrons. The summed E-state index contributed by atoms with van der Waals surface area (Å²) in [6, 6.07) is 9.01. The first-order valence-corrected chi connectivity index (χ1v) is 8.45. The van der Waals surface area contributed by atoms with Crippen LogP contribution in [0.3, 0.4) is 0 Å². The molecule has 1 atom stereocenters. The Labute approximate surface area is 152 Å². The van der Waals surface area contributed by atoms with Gasteiger partial charge in [0.25, 0.3) is 11.8 Å². The van der Waals surface area contributed by atoms with E-state index in [0.717, 1.165) is 0 Å². The quantitative estimate of drug-likeness (QED) is 0.708. The van der Waals surface area contributed by atoms with Gasteiger partial charge in [0.2, 0.25) is 5.91 Å². The number of benzene rings is 1. The molecule has 7 heteroatoms. The van der Waals surface area contributed by atoms with E-state index < -0.39 is 11.9 Å². The molecule has 1 heterocycles. The maximum atomic E-state index is 12.6. The summed E-state index contributed by atoms with van der Waals surface area (Å²) < 4.78 is 5.05. The molecular formula is C19H23N3O4. The van der Waals surface area contributed by atoms with Crippen LogP contribution in [-0.2, 0) is 4.79 Å². The topological polar surface area (TPSA) is 100 Å². The lowest BCUT2D eigenvalue weighted by Crippen LogP contribution is -2.47. The number of anilines is 1. The SMILES string of the molecule is CCNC(=O)c1cccc(NC(=O)C(NC(=O)c2ccco2)C(C)C)c1. The minimum Gasteiger partial charge on any atom is -0.459 e. The molecule has 0 saturated carbocycles. The van der Waals surface area contributed by atoms with Crippen LogP contribution in [-0.4, -0.2) is 30.3 Å². The van der Waals surface area contributed by atoms with Gasteiger partial charge < -0.3 is 20.4 Å². The average molecular weight is 357 g/mol. The molecule has 7 nitrogen and oxygen atoms in total. The third kappa shape index (κ3) is 4.95. The van der Waals surface area contributed by atoms with E-state index in [1.165, 1.54) is 12.3 Å². The third-order valence-corrected chi connectivity index (χ3v) is 3.71. The van der Waals surface area contributed by atoms with Gasteiger partial charge in [0.15, 0.2) is 5.76 Å². The predicted octanol–water partition coefficient (Wildman–Crippen LogP) is 2.42. The highest BCUT2D eigenvalue weighted by Gasteiger charge is 2.25. The Kier molecular flexibility index (Phi) is 6.54. The van der Waals surface area contributed by atoms with Crippen molar-refractivity contribution in [1.29, 1.82) is 0 Å². The second kappa shape index (κ2) is 8.84. The summed E-state index contributed by atoms with van der Waals surface area (Å²) >= 11 is 0. The Morgan fingerprint density at radius 3 is 2.46 bits per heavy atom. The van der Waals surface area contributed by atoms with Gasteiger partial charge in [-0.15, -0.1) is 0 Å². The second-order valence-electron chi connectivity index (χ2n) is 6.10. The number of amides is 3. The summed E-state index contributed by atoms with van der Waals surface area (Å²) in [4.78, 5) is 36.7. The molecule has 1 aromatic carbocycles. The number of rotatable bonds is 7. The predicted molar refractivity (Wildman–Crippen MR) is 97.9 cm³/mol. The molecule has 0 fully saturated rings. The van der Waals surface area contributed by atoms with Crippen molar-refractivity contribution in [3.05, 3.63) is 54.0 Å². The van der Waals surface area contributed by atoms with Crippen molar-refractivity contribution in [2.45, 2.75) is 26.8 Å². The van der Waals surface area contributed by atoms with E-state index in [1.807, 2.05) is 20.8 Å². The first-order chi connectivity index (χ1) is 12.4. The number of carbonyl (C=O) groups excluding carboxylic acids is 3. The van der Waals surface area contributed by atoms with Gasteiger partial charge in [0.05, 0.1) is 6.26 Å². The van der Waals surface area contributed by atoms with Gasteiger partial charge in [-0.25, -0.2) is 0 Å². The van der Waals surface area contributed by atoms with Crippen LogP contribution in [0.5, 0.6) is 0 Å². The van der Waals surface area contributed by atoms with Crippen LogP contribution < -0.4 is 16.0 Å². The molecule has 0 bridgehead atoms. The zero-order valence-electron chi connectivity index (χ0n) is 15.0. The van der Waals surface area contributed by atoms with Crippen LogP contribution >= 0.6 is 0 Å². The number of hydrogen-bond donors (Lipinski definition) is 3. The normalized spacial score (nSPS) is 11.7. The van der Waals surface area contributed by atoms with Crippen molar-refractivity contribution in [3.8, 4) is 0 Å². The Hall–Kier alpha value is -3.09. The van der Waals surface area contributed by atoms with Crippen LogP contribution in [0.2, 0.25) is 0 Å². The zero-order chi connectivity index (χ0) is 19.1. The van der Waals surface area contributed by atoms with E-state index in [-0.39, 0.29) is 23.5 Å². The van der Waals surface area contributed by atoms with E-state index in [4.69, 9.17) is 4.42 Å². The number of carbonyl (C=O) groups is 3. The maximum Gasteiger partial charge on any atom is 0.287 e. The average Bonchev–Trinajstić information content (AvgIpc) is 3.14. The Morgan fingerprint density at radius 1 is 1.08 bits per heavy atom. The molecule has 0 radical (unpaired) electrons. The van der Waals surface area contributed by atoms with Crippen LogP contribution in [0.4, 0.5) is 5.69 Å². The first-order valence-electron chi connectivity index (χ1n) is 8.45. The molecular weight excluding hydrogens is 334 g/mol. The molecule has 3 N–H and O–H groups in total. The highest BCUT2D eigenvalue weighted by Crippen LogP contribution is 2.13. The molecule has 1 aromatic heterocycles. The summed E-state index contributed by atoms with van der Waals surface area (Å²) in [5.74, 6) is -1.04. The van der Waals surface area contributed by atoms with Crippen molar-refractivity contribution in [2.24, 2.45) is 5.92 Å². The fraction of sp³-hybridized carbons (Fsp3) is 0.316. The summed E-state index contributed by atoms with van der Waals surface area (Å²) in [5, 5.41) is 8.13. The summed E-state index contributed by atoms with van der Waals surface area (Å²) in [5.41, 5.74) is 0.932. The largest absolute Gasteiger partial charge is 0.459 e. The van der Waals surface area contributed by atoms with Crippen molar-refractivity contribution in [1.82, 2.24) is 10.6 Å². The number of hydrogen-bond acceptors (Lipinski definition) is 4. The molecule has 2 rings (SSSR count). The van der Waals surface area contributed by atoms with Gasteiger partial charge in [0, 0.05) is 17.8 Å². The molecule has 0 aliphatic heterocycles. The Morgan fingerprint density at radius 2 is 1.85 bits per heavy atom. The van der Waals surface area contributed by atoms with Gasteiger partial charge in [-0.05, 0) is 43.2 Å². The van der Waals surface area contributed by atoms with Crippen molar-refractivity contribution in [2.75, 3.05) is 11.9 Å². The third-order valence-electron chi connectivity index (χ3n) is 3.71. The molecule has 0 aliphatic carbocycles. The standard InChI is InChI=1S/C19H23N3O4/c1-4-20-17(23)13-7-5-8-14(11-13)21-19(25)16(12(2)3)22-18(24)15-9-6-10-26-15/h5-12,16H,4H2,1-3H3,(H,20,23)(H,21,25)(H,22,24). The second-order valence-corrected chi connectivity index (χ2v) is 6.10. The maximum absolute atomic E-state index is 12.6. The molecule has 0 saturated heterocycles. The van der Waals surface area contributed by atoms with E-state index in [9.17, 15) is 14.4 Å². The smallest absolute Gasteiger partial charge is 0.287 e. The van der Waals surface area contributed by atoms with Crippen LogP contribution in [0, 0.1) is 5.92 Å². The highest BCUT2D eigenvalue weighted by atomic mass is 16.3. The molecule has 0 aliphatic rings. The van der Waals surface area contributed by atoms with E-state index in [2.05, 4.69) is 16.0 Å². The van der Waals surface area contributed by atoms with Crippen molar-refractivity contribution >= 4 is 23.4 Å². The molecule has 3 amide bonds. The fourth-order valence-corrected chi connectivity index (χ4v) is 2.38. The molecule has 1 unspecified atom stereocenters. The van der Waals surface area contributed by atoms with E-state index >= 15 is 0 Å². The van der Waals surface area contributed by atoms with Crippen LogP contribution in [0.15, 0.2) is 47.1 Å². The Bertz CT molecular complexity index is 769. The van der Waals surface area contributed by atoms with Crippen molar-refractivity contribution < 1.29 is 18.8 Å². The molecule has 2 aromatic rings. The lowest BCUT2D eigenvalue weighted by Gasteiger charge is -2.21. The fourth-order valence-electron chi connectivity index (χ4n) is 2.38. The summed E-state index contributed by atoms with van der Waals surface area (Å²) in [6.45, 7) is 6.01. The minimum atomic E-state index is -0.749. The van der Waals surface area contributed by atoms with Gasteiger partial charge in [-0.1, -0.05) is 19.9 Å². The van der Waals surface area contributed by atoms with Crippen molar-refractivity contribution in [3.63, 3.8) is 0 Å². The van der Waals surface area contributed by atoms with Gasteiger partial charge >= 0.3 is 0 Å². The van der Waals surface area contributed by atoms with Crippen LogP contribution in [0.1, 0.15) is 41.7 Å². The zero-order valence-corrected chi connectivity index (χ0v) is 15.0. The lowest BCUT2D eigenvalue weighted by molar-refractivity contribution is -0.118. The summed E-state index contributed by atoms with van der Waals surface area (Å²) in [6.07, 6.45) is 1.40. The van der Waals surface area contributed by atoms with E-state index in [1.54, 1.807) is 30.3 Å². The first kappa shape index (κ1) is 19.2. The number of furan rings is 1. The van der Waals surface area contributed by atoms with E-state index in [0.29, 0.717) is 17.8 Å². The lowest BCUT2D eigenvalue weighted by atomic mass is 10.0. The minimum absolute atomic E-state index is 0.138. The van der Waals surface area contributed by atoms with Gasteiger partial charge in [-0.3, -0.25) is 14.4 Å². The summed E-state index contributed by atoms with van der Waals surface area (Å²) in [7, 11) is 0. The highest BCUT2D eigenvalue weighted by molar-refractivity contribution is 6.01. The van der Waals surface area contributed by atoms with Gasteiger partial charge in [-0.2, -0.15) is 0 Å². The molecule has 26 heavy (non-hydrogen) atoms. The van der Waals surface area contributed by atoms with Crippen LogP contribution in [0.25, 0.3) is 0 Å². The molecule has 0 spiro atoms.